The molecule has 4 nitrogen and oxygen atoms in total. The van der Waals surface area contributed by atoms with Gasteiger partial charge >= 0.3 is 0 Å². The number of rotatable bonds is 3. The highest BCUT2D eigenvalue weighted by Crippen LogP contribution is 2.49. The van der Waals surface area contributed by atoms with Gasteiger partial charge in [-0.05, 0) is 40.3 Å². The van der Waals surface area contributed by atoms with E-state index in [4.69, 9.17) is 0 Å². The number of phenols is 2. The predicted octanol–water partition coefficient (Wildman–Crippen LogP) is 5.57. The van der Waals surface area contributed by atoms with E-state index < -0.39 is 5.79 Å². The van der Waals surface area contributed by atoms with Crippen LogP contribution in [0.5, 0.6) is 11.5 Å². The molecule has 0 saturated carbocycles. The minimum Gasteiger partial charge on any atom is -0.504 e. The molecule has 0 aromatic heterocycles. The molecule has 0 amide bonds. The van der Waals surface area contributed by atoms with Crippen molar-refractivity contribution in [1.29, 1.82) is 0 Å². The molecule has 0 atom stereocenters. The fourth-order valence-electron chi connectivity index (χ4n) is 4.07. The lowest BCUT2D eigenvalue weighted by Gasteiger charge is -2.19. The average Bonchev–Trinajstić information content (AvgIpc) is 3.19. The van der Waals surface area contributed by atoms with E-state index >= 15 is 0 Å². The van der Waals surface area contributed by atoms with Crippen molar-refractivity contribution in [3.8, 4) is 33.8 Å². The minimum absolute atomic E-state index is 0.0345. The van der Waals surface area contributed by atoms with Crippen molar-refractivity contribution in [3.63, 3.8) is 0 Å². The summed E-state index contributed by atoms with van der Waals surface area (Å²) < 4.78 is 0. The molecule has 1 aliphatic rings. The lowest BCUT2D eigenvalue weighted by Crippen LogP contribution is -2.23. The van der Waals surface area contributed by atoms with Gasteiger partial charge in [0.2, 0.25) is 0 Å². The number of aromatic hydroxyl groups is 2. The summed E-state index contributed by atoms with van der Waals surface area (Å²) in [6.45, 7) is 1.73. The Morgan fingerprint density at radius 3 is 2.00 bits per heavy atom. The van der Waals surface area contributed by atoms with Gasteiger partial charge in [-0.1, -0.05) is 91.9 Å². The molecule has 0 unspecified atom stereocenters. The monoisotopic (exact) mass is 426 g/mol. The van der Waals surface area contributed by atoms with E-state index in [1.165, 1.54) is 5.56 Å². The van der Waals surface area contributed by atoms with E-state index in [2.05, 4.69) is 12.1 Å². The molecule has 4 aromatic carbocycles. The Kier molecular flexibility index (Phi) is 5.99. The van der Waals surface area contributed by atoms with Gasteiger partial charge in [0.25, 0.3) is 0 Å². The quantitative estimate of drug-likeness (QED) is 0.225. The normalized spacial score (nSPS) is 11.8. The SMILES string of the molecule is CCC(O)(O)c1ccccc1.Oc1cc2c(c(-c3ccccc3)c1O)Cc1ccccc1-2. The number of hydrogen-bond donors (Lipinski definition) is 4. The topological polar surface area (TPSA) is 80.9 Å². The first-order valence-electron chi connectivity index (χ1n) is 10.6. The maximum absolute atomic E-state index is 10.3. The van der Waals surface area contributed by atoms with Crippen LogP contribution in [0.25, 0.3) is 22.3 Å². The largest absolute Gasteiger partial charge is 0.504 e. The van der Waals surface area contributed by atoms with E-state index in [9.17, 15) is 20.4 Å². The molecule has 4 N–H and O–H groups in total. The molecule has 4 heteroatoms. The molecule has 0 spiro atoms. The van der Waals surface area contributed by atoms with Crippen LogP contribution in [0.2, 0.25) is 0 Å². The molecule has 32 heavy (non-hydrogen) atoms. The second kappa shape index (κ2) is 8.87. The minimum atomic E-state index is -1.67. The molecular formula is C28H26O4. The van der Waals surface area contributed by atoms with Gasteiger partial charge in [-0.25, -0.2) is 0 Å². The Bertz CT molecular complexity index is 1220. The Hall–Kier alpha value is -3.60. The Morgan fingerprint density at radius 2 is 1.34 bits per heavy atom. The van der Waals surface area contributed by atoms with Crippen LogP contribution in [0.4, 0.5) is 0 Å². The summed E-state index contributed by atoms with van der Waals surface area (Å²) in [5.41, 5.74) is 6.67. The first-order chi connectivity index (χ1) is 15.4. The molecule has 0 bridgehead atoms. The Labute approximate surface area is 187 Å². The zero-order valence-electron chi connectivity index (χ0n) is 17.9. The third kappa shape index (κ3) is 4.11. The summed E-state index contributed by atoms with van der Waals surface area (Å²) in [5.74, 6) is -1.77. The van der Waals surface area contributed by atoms with Crippen LogP contribution in [0.15, 0.2) is 91.0 Å². The number of phenolic OH excluding ortho intramolecular Hbond substituents is 2. The number of aliphatic hydroxyl groups is 2. The molecular weight excluding hydrogens is 400 g/mol. The van der Waals surface area contributed by atoms with Gasteiger partial charge in [0.05, 0.1) is 0 Å². The van der Waals surface area contributed by atoms with Crippen LogP contribution in [0.3, 0.4) is 0 Å². The second-order valence-corrected chi connectivity index (χ2v) is 7.88. The summed E-state index contributed by atoms with van der Waals surface area (Å²) in [7, 11) is 0. The summed E-state index contributed by atoms with van der Waals surface area (Å²) >= 11 is 0. The first-order valence-corrected chi connectivity index (χ1v) is 10.6. The zero-order chi connectivity index (χ0) is 22.7. The number of fused-ring (bicyclic) bond motifs is 3. The van der Waals surface area contributed by atoms with Crippen molar-refractivity contribution in [2.75, 3.05) is 0 Å². The van der Waals surface area contributed by atoms with Crippen LogP contribution >= 0.6 is 0 Å². The lowest BCUT2D eigenvalue weighted by molar-refractivity contribution is -0.171. The van der Waals surface area contributed by atoms with Crippen LogP contribution in [0.1, 0.15) is 30.0 Å². The van der Waals surface area contributed by atoms with Crippen LogP contribution in [0, 0.1) is 0 Å². The highest BCUT2D eigenvalue weighted by molar-refractivity contribution is 5.89. The second-order valence-electron chi connectivity index (χ2n) is 7.88. The average molecular weight is 427 g/mol. The highest BCUT2D eigenvalue weighted by Gasteiger charge is 2.26. The molecule has 1 aliphatic carbocycles. The van der Waals surface area contributed by atoms with E-state index in [0.29, 0.717) is 12.0 Å². The fraction of sp³-hybridized carbons (Fsp3) is 0.143. The highest BCUT2D eigenvalue weighted by atomic mass is 16.5. The van der Waals surface area contributed by atoms with Gasteiger partial charge in [0, 0.05) is 17.5 Å². The first kappa shape index (κ1) is 21.6. The maximum Gasteiger partial charge on any atom is 0.189 e. The van der Waals surface area contributed by atoms with E-state index in [1.807, 2.05) is 48.5 Å². The van der Waals surface area contributed by atoms with E-state index in [1.54, 1.807) is 37.3 Å². The summed E-state index contributed by atoms with van der Waals surface area (Å²) in [6.07, 6.45) is 1.08. The molecule has 5 rings (SSSR count). The van der Waals surface area contributed by atoms with Crippen LogP contribution in [-0.4, -0.2) is 20.4 Å². The lowest BCUT2D eigenvalue weighted by atomic mass is 9.94. The van der Waals surface area contributed by atoms with Crippen molar-refractivity contribution < 1.29 is 20.4 Å². The van der Waals surface area contributed by atoms with Crippen molar-refractivity contribution in [2.24, 2.45) is 0 Å². The summed E-state index contributed by atoms with van der Waals surface area (Å²) in [6, 6.07) is 28.4. The van der Waals surface area contributed by atoms with E-state index in [-0.39, 0.29) is 11.5 Å². The molecule has 0 saturated heterocycles. The van der Waals surface area contributed by atoms with Gasteiger partial charge in [0.15, 0.2) is 17.3 Å². The maximum atomic E-state index is 10.3. The van der Waals surface area contributed by atoms with Gasteiger partial charge in [-0.2, -0.15) is 0 Å². The Balaban J connectivity index is 0.000000189. The van der Waals surface area contributed by atoms with Crippen LogP contribution < -0.4 is 0 Å². The number of hydrogen-bond acceptors (Lipinski definition) is 4. The molecule has 0 fully saturated rings. The van der Waals surface area contributed by atoms with E-state index in [0.717, 1.165) is 34.2 Å². The van der Waals surface area contributed by atoms with Crippen molar-refractivity contribution in [2.45, 2.75) is 25.6 Å². The fourth-order valence-corrected chi connectivity index (χ4v) is 4.07. The summed E-state index contributed by atoms with van der Waals surface area (Å²) in [4.78, 5) is 0. The molecule has 162 valence electrons. The van der Waals surface area contributed by atoms with Crippen molar-refractivity contribution in [1.82, 2.24) is 0 Å². The van der Waals surface area contributed by atoms with Gasteiger partial charge < -0.3 is 20.4 Å². The predicted molar refractivity (Wildman–Crippen MR) is 126 cm³/mol. The van der Waals surface area contributed by atoms with Crippen molar-refractivity contribution >= 4 is 0 Å². The van der Waals surface area contributed by atoms with Gasteiger partial charge in [0.1, 0.15) is 0 Å². The standard InChI is InChI=1S/C19H14O2.C9H12O2/c20-17-11-15-14-9-5-4-8-13(14)10-16(15)18(19(17)21)12-6-2-1-3-7-12;1-2-9(10,11)8-6-4-3-5-7-8/h1-9,11,20-21H,10H2;3-7,10-11H,2H2,1H3. The Morgan fingerprint density at radius 1 is 0.750 bits per heavy atom. The molecule has 4 aromatic rings. The number of benzene rings is 4. The van der Waals surface area contributed by atoms with Gasteiger partial charge in [-0.15, -0.1) is 0 Å². The summed E-state index contributed by atoms with van der Waals surface area (Å²) in [5, 5.41) is 39.1. The third-order valence-electron chi connectivity index (χ3n) is 5.85. The zero-order valence-corrected chi connectivity index (χ0v) is 17.9. The molecule has 0 aliphatic heterocycles. The smallest absolute Gasteiger partial charge is 0.189 e. The molecule has 0 radical (unpaired) electrons. The third-order valence-corrected chi connectivity index (χ3v) is 5.85. The molecule has 0 heterocycles. The van der Waals surface area contributed by atoms with Crippen molar-refractivity contribution in [3.05, 3.63) is 108 Å². The van der Waals surface area contributed by atoms with Crippen LogP contribution in [-0.2, 0) is 12.2 Å². The van der Waals surface area contributed by atoms with Gasteiger partial charge in [-0.3, -0.25) is 0 Å².